The van der Waals surface area contributed by atoms with Gasteiger partial charge in [0.2, 0.25) is 0 Å². The van der Waals surface area contributed by atoms with Crippen molar-refractivity contribution in [2.24, 2.45) is 4.99 Å². The van der Waals surface area contributed by atoms with Crippen LogP contribution in [0, 0.1) is 12.7 Å². The fraction of sp³-hybridized carbons (Fsp3) is 0.400. The standard InChI is InChI=1S/C20H27FN4/c1-15-8-9-16(13-24-15)10-11-23-19(22-4)25-14-20(2,3)17-6-5-7-18(21)12-17/h5-9,12-13H,10-11,14H2,1-4H3,(H2,22,23,25). The average Bonchev–Trinajstić information content (AvgIpc) is 2.59. The van der Waals surface area contributed by atoms with Gasteiger partial charge in [0.1, 0.15) is 5.82 Å². The van der Waals surface area contributed by atoms with E-state index >= 15 is 0 Å². The first-order valence-corrected chi connectivity index (χ1v) is 8.53. The lowest BCUT2D eigenvalue weighted by Crippen LogP contribution is -2.44. The lowest BCUT2D eigenvalue weighted by Gasteiger charge is -2.27. The summed E-state index contributed by atoms with van der Waals surface area (Å²) in [5, 5.41) is 6.63. The zero-order valence-corrected chi connectivity index (χ0v) is 15.4. The number of halogens is 1. The van der Waals surface area contributed by atoms with Gasteiger partial charge in [-0.05, 0) is 42.7 Å². The quantitative estimate of drug-likeness (QED) is 0.626. The van der Waals surface area contributed by atoms with Gasteiger partial charge in [-0.2, -0.15) is 0 Å². The third-order valence-corrected chi connectivity index (χ3v) is 4.21. The van der Waals surface area contributed by atoms with Crippen LogP contribution in [0.5, 0.6) is 0 Å². The highest BCUT2D eigenvalue weighted by molar-refractivity contribution is 5.79. The fourth-order valence-electron chi connectivity index (χ4n) is 2.51. The first-order chi connectivity index (χ1) is 11.9. The third kappa shape index (κ3) is 5.85. The second kappa shape index (κ2) is 8.60. The monoisotopic (exact) mass is 342 g/mol. The molecule has 0 atom stereocenters. The number of guanidine groups is 1. The molecule has 1 aromatic heterocycles. The third-order valence-electron chi connectivity index (χ3n) is 4.21. The lowest BCUT2D eigenvalue weighted by atomic mass is 9.84. The molecule has 0 fully saturated rings. The topological polar surface area (TPSA) is 49.3 Å². The molecule has 0 aliphatic rings. The Hall–Kier alpha value is -2.43. The van der Waals surface area contributed by atoms with Crippen molar-refractivity contribution in [3.05, 3.63) is 65.2 Å². The van der Waals surface area contributed by atoms with Crippen molar-refractivity contribution in [1.29, 1.82) is 0 Å². The van der Waals surface area contributed by atoms with Crippen molar-refractivity contribution in [2.75, 3.05) is 20.1 Å². The Balaban J connectivity index is 1.84. The maximum atomic E-state index is 13.5. The molecule has 134 valence electrons. The lowest BCUT2D eigenvalue weighted by molar-refractivity contribution is 0.503. The van der Waals surface area contributed by atoms with E-state index in [1.54, 1.807) is 19.2 Å². The van der Waals surface area contributed by atoms with E-state index in [4.69, 9.17) is 0 Å². The molecule has 0 aliphatic carbocycles. The molecule has 0 spiro atoms. The largest absolute Gasteiger partial charge is 0.356 e. The van der Waals surface area contributed by atoms with Crippen LogP contribution in [0.25, 0.3) is 0 Å². The summed E-state index contributed by atoms with van der Waals surface area (Å²) < 4.78 is 13.5. The maximum absolute atomic E-state index is 13.5. The van der Waals surface area contributed by atoms with E-state index in [9.17, 15) is 4.39 Å². The Morgan fingerprint density at radius 1 is 1.20 bits per heavy atom. The Labute approximate surface area is 149 Å². The smallest absolute Gasteiger partial charge is 0.191 e. The van der Waals surface area contributed by atoms with Crippen LogP contribution < -0.4 is 10.6 Å². The van der Waals surface area contributed by atoms with Crippen LogP contribution in [-0.4, -0.2) is 31.1 Å². The molecule has 5 heteroatoms. The minimum absolute atomic E-state index is 0.208. The average molecular weight is 342 g/mol. The number of benzene rings is 1. The van der Waals surface area contributed by atoms with Gasteiger partial charge in [0.15, 0.2) is 5.96 Å². The molecule has 1 heterocycles. The summed E-state index contributed by atoms with van der Waals surface area (Å²) in [6.45, 7) is 7.57. The van der Waals surface area contributed by atoms with Crippen molar-refractivity contribution in [3.8, 4) is 0 Å². The van der Waals surface area contributed by atoms with Crippen LogP contribution in [0.4, 0.5) is 4.39 Å². The van der Waals surface area contributed by atoms with Crippen LogP contribution in [0.15, 0.2) is 47.6 Å². The van der Waals surface area contributed by atoms with Crippen LogP contribution in [-0.2, 0) is 11.8 Å². The van der Waals surface area contributed by atoms with Crippen molar-refractivity contribution < 1.29 is 4.39 Å². The Bertz CT molecular complexity index is 708. The fourth-order valence-corrected chi connectivity index (χ4v) is 2.51. The van der Waals surface area contributed by atoms with Gasteiger partial charge < -0.3 is 10.6 Å². The van der Waals surface area contributed by atoms with E-state index in [0.717, 1.165) is 30.2 Å². The Morgan fingerprint density at radius 2 is 2.00 bits per heavy atom. The van der Waals surface area contributed by atoms with E-state index in [1.807, 2.05) is 25.3 Å². The zero-order chi connectivity index (χ0) is 18.3. The summed E-state index contributed by atoms with van der Waals surface area (Å²) in [6.07, 6.45) is 2.78. The van der Waals surface area contributed by atoms with Crippen LogP contribution in [0.1, 0.15) is 30.7 Å². The molecule has 0 unspecified atom stereocenters. The van der Waals surface area contributed by atoms with Gasteiger partial charge in [0.05, 0.1) is 0 Å². The van der Waals surface area contributed by atoms with Crippen molar-refractivity contribution >= 4 is 5.96 Å². The Kier molecular flexibility index (Phi) is 6.51. The van der Waals surface area contributed by atoms with Crippen LogP contribution >= 0.6 is 0 Å². The summed E-state index contributed by atoms with van der Waals surface area (Å²) in [6, 6.07) is 10.9. The molecule has 0 amide bonds. The first-order valence-electron chi connectivity index (χ1n) is 8.53. The number of hydrogen-bond donors (Lipinski definition) is 2. The predicted octanol–water partition coefficient (Wildman–Crippen LogP) is 3.21. The molecule has 0 saturated heterocycles. The van der Waals surface area contributed by atoms with Gasteiger partial charge in [-0.1, -0.05) is 32.0 Å². The maximum Gasteiger partial charge on any atom is 0.191 e. The number of aryl methyl sites for hydroxylation is 1. The molecule has 2 aromatic rings. The van der Waals surface area contributed by atoms with Crippen LogP contribution in [0.3, 0.4) is 0 Å². The van der Waals surface area contributed by atoms with Gasteiger partial charge in [-0.25, -0.2) is 4.39 Å². The molecule has 0 bridgehead atoms. The summed E-state index contributed by atoms with van der Waals surface area (Å²) in [5.74, 6) is 0.532. The molecular formula is C20H27FN4. The van der Waals surface area contributed by atoms with E-state index < -0.39 is 0 Å². The van der Waals surface area contributed by atoms with E-state index in [2.05, 4.69) is 40.5 Å². The first kappa shape index (κ1) is 18.9. The highest BCUT2D eigenvalue weighted by Gasteiger charge is 2.21. The van der Waals surface area contributed by atoms with Crippen molar-refractivity contribution in [3.63, 3.8) is 0 Å². The van der Waals surface area contributed by atoms with Gasteiger partial charge >= 0.3 is 0 Å². The van der Waals surface area contributed by atoms with E-state index in [0.29, 0.717) is 6.54 Å². The number of aromatic nitrogens is 1. The van der Waals surface area contributed by atoms with E-state index in [1.165, 1.54) is 11.6 Å². The molecule has 2 N–H and O–H groups in total. The zero-order valence-electron chi connectivity index (χ0n) is 15.4. The van der Waals surface area contributed by atoms with Crippen molar-refractivity contribution in [2.45, 2.75) is 32.6 Å². The summed E-state index contributed by atoms with van der Waals surface area (Å²) in [7, 11) is 1.75. The summed E-state index contributed by atoms with van der Waals surface area (Å²) >= 11 is 0. The summed E-state index contributed by atoms with van der Waals surface area (Å²) in [4.78, 5) is 8.55. The molecule has 0 saturated carbocycles. The normalized spacial score (nSPS) is 12.1. The SMILES string of the molecule is CN=C(NCCc1ccc(C)nc1)NCC(C)(C)c1cccc(F)c1. The second-order valence-corrected chi connectivity index (χ2v) is 6.80. The number of aliphatic imine (C=N–C) groups is 1. The molecular weight excluding hydrogens is 315 g/mol. The van der Waals surface area contributed by atoms with Gasteiger partial charge in [0.25, 0.3) is 0 Å². The molecule has 0 radical (unpaired) electrons. The van der Waals surface area contributed by atoms with Crippen LogP contribution in [0.2, 0.25) is 0 Å². The van der Waals surface area contributed by atoms with E-state index in [-0.39, 0.29) is 11.2 Å². The number of pyridine rings is 1. The highest BCUT2D eigenvalue weighted by Crippen LogP contribution is 2.22. The summed E-state index contributed by atoms with van der Waals surface area (Å²) in [5.41, 5.74) is 2.96. The number of rotatable bonds is 6. The number of hydrogen-bond acceptors (Lipinski definition) is 2. The van der Waals surface area contributed by atoms with Gasteiger partial charge in [0, 0.05) is 37.4 Å². The molecule has 2 rings (SSSR count). The molecule has 4 nitrogen and oxygen atoms in total. The number of nitrogens with zero attached hydrogens (tertiary/aromatic N) is 2. The molecule has 25 heavy (non-hydrogen) atoms. The molecule has 1 aromatic carbocycles. The number of nitrogens with one attached hydrogen (secondary N) is 2. The minimum atomic E-state index is -0.209. The van der Waals surface area contributed by atoms with Gasteiger partial charge in [-0.15, -0.1) is 0 Å². The van der Waals surface area contributed by atoms with Gasteiger partial charge in [-0.3, -0.25) is 9.98 Å². The predicted molar refractivity (Wildman–Crippen MR) is 101 cm³/mol. The second-order valence-electron chi connectivity index (χ2n) is 6.80. The highest BCUT2D eigenvalue weighted by atomic mass is 19.1. The van der Waals surface area contributed by atoms with Crippen molar-refractivity contribution in [1.82, 2.24) is 15.6 Å². The minimum Gasteiger partial charge on any atom is -0.356 e. The molecule has 0 aliphatic heterocycles. The Morgan fingerprint density at radius 3 is 2.64 bits per heavy atom.